The van der Waals surface area contributed by atoms with Crippen molar-refractivity contribution < 1.29 is 9.18 Å². The minimum absolute atomic E-state index is 0.0948. The van der Waals surface area contributed by atoms with E-state index in [9.17, 15) is 9.18 Å². The zero-order valence-corrected chi connectivity index (χ0v) is 11.2. The summed E-state index contributed by atoms with van der Waals surface area (Å²) in [6, 6.07) is 4.97. The molecule has 0 saturated carbocycles. The summed E-state index contributed by atoms with van der Waals surface area (Å²) < 4.78 is 13.7. The molecule has 1 aromatic carbocycles. The number of rotatable bonds is 5. The van der Waals surface area contributed by atoms with E-state index in [-0.39, 0.29) is 17.5 Å². The van der Waals surface area contributed by atoms with Crippen molar-refractivity contribution >= 4 is 17.7 Å². The molecule has 0 fully saturated rings. The Morgan fingerprint density at radius 1 is 1.53 bits per heavy atom. The first-order chi connectivity index (χ1) is 8.10. The molecule has 1 rings (SSSR count). The number of amides is 1. The Labute approximate surface area is 106 Å². The van der Waals surface area contributed by atoms with E-state index < -0.39 is 5.82 Å². The van der Waals surface area contributed by atoms with Crippen molar-refractivity contribution in [2.75, 3.05) is 12.0 Å². The quantitative estimate of drug-likeness (QED) is 0.876. The fourth-order valence-electron chi connectivity index (χ4n) is 1.55. The number of hydrogen-bond donors (Lipinski definition) is 1. The normalized spacial score (nSPS) is 12.2. The van der Waals surface area contributed by atoms with Gasteiger partial charge in [-0.1, -0.05) is 19.1 Å². The summed E-state index contributed by atoms with van der Waals surface area (Å²) in [6.45, 7) is 3.67. The van der Waals surface area contributed by atoms with Gasteiger partial charge in [-0.3, -0.25) is 4.79 Å². The largest absolute Gasteiger partial charge is 0.348 e. The van der Waals surface area contributed by atoms with Crippen molar-refractivity contribution in [2.24, 2.45) is 0 Å². The second kappa shape index (κ2) is 6.64. The van der Waals surface area contributed by atoms with Crippen LogP contribution >= 0.6 is 11.8 Å². The van der Waals surface area contributed by atoms with Gasteiger partial charge in [-0.2, -0.15) is 11.8 Å². The van der Waals surface area contributed by atoms with Gasteiger partial charge in [-0.05, 0) is 31.2 Å². The van der Waals surface area contributed by atoms with Crippen molar-refractivity contribution in [1.29, 1.82) is 0 Å². The number of carbonyl (C=O) groups excluding carboxylic acids is 1. The molecule has 0 aliphatic carbocycles. The second-order valence-corrected chi connectivity index (χ2v) is 4.88. The van der Waals surface area contributed by atoms with E-state index in [0.717, 1.165) is 12.2 Å². The summed E-state index contributed by atoms with van der Waals surface area (Å²) in [5.74, 6) is 0.0893. The first kappa shape index (κ1) is 14.0. The van der Waals surface area contributed by atoms with Crippen LogP contribution in [0.4, 0.5) is 4.39 Å². The molecule has 0 bridgehead atoms. The molecule has 1 N–H and O–H groups in total. The van der Waals surface area contributed by atoms with Crippen LogP contribution in [0.3, 0.4) is 0 Å². The maximum Gasteiger partial charge on any atom is 0.254 e. The first-order valence-corrected chi connectivity index (χ1v) is 7.04. The van der Waals surface area contributed by atoms with Crippen LogP contribution in [0.1, 0.15) is 29.3 Å². The minimum Gasteiger partial charge on any atom is -0.348 e. The van der Waals surface area contributed by atoms with Gasteiger partial charge in [0, 0.05) is 11.8 Å². The van der Waals surface area contributed by atoms with Crippen LogP contribution < -0.4 is 5.32 Å². The highest BCUT2D eigenvalue weighted by Gasteiger charge is 2.16. The monoisotopic (exact) mass is 255 g/mol. The molecule has 2 nitrogen and oxygen atoms in total. The van der Waals surface area contributed by atoms with Crippen molar-refractivity contribution in [3.8, 4) is 0 Å². The number of nitrogens with one attached hydrogen (secondary N) is 1. The van der Waals surface area contributed by atoms with E-state index in [1.54, 1.807) is 30.8 Å². The minimum atomic E-state index is -0.427. The fourth-order valence-corrected chi connectivity index (χ4v) is 2.27. The average Bonchev–Trinajstić information content (AvgIpc) is 2.31. The van der Waals surface area contributed by atoms with E-state index in [2.05, 4.69) is 5.32 Å². The molecule has 4 heteroatoms. The van der Waals surface area contributed by atoms with Crippen molar-refractivity contribution in [1.82, 2.24) is 5.32 Å². The molecule has 1 unspecified atom stereocenters. The molecular weight excluding hydrogens is 237 g/mol. The third kappa shape index (κ3) is 3.73. The standard InChI is InChI=1S/C13H18FNOS/c1-4-10(8-17-3)15-13(16)11-7-5-6-9(2)12(11)14/h5-7,10H,4,8H2,1-3H3,(H,15,16). The molecule has 17 heavy (non-hydrogen) atoms. The van der Waals surface area contributed by atoms with Gasteiger partial charge in [0.2, 0.25) is 0 Å². The smallest absolute Gasteiger partial charge is 0.254 e. The number of aryl methyl sites for hydroxylation is 1. The Kier molecular flexibility index (Phi) is 5.48. The topological polar surface area (TPSA) is 29.1 Å². The highest BCUT2D eigenvalue weighted by atomic mass is 32.2. The summed E-state index contributed by atoms with van der Waals surface area (Å²) in [7, 11) is 0. The Morgan fingerprint density at radius 3 is 2.82 bits per heavy atom. The first-order valence-electron chi connectivity index (χ1n) is 5.65. The lowest BCUT2D eigenvalue weighted by atomic mass is 10.1. The summed E-state index contributed by atoms with van der Waals surface area (Å²) in [4.78, 5) is 11.9. The summed E-state index contributed by atoms with van der Waals surface area (Å²) in [5.41, 5.74) is 0.625. The lowest BCUT2D eigenvalue weighted by Crippen LogP contribution is -2.36. The predicted molar refractivity (Wildman–Crippen MR) is 71.1 cm³/mol. The molecule has 0 aromatic heterocycles. The zero-order valence-electron chi connectivity index (χ0n) is 10.4. The van der Waals surface area contributed by atoms with Gasteiger partial charge in [0.1, 0.15) is 5.82 Å². The molecule has 0 aliphatic heterocycles. The van der Waals surface area contributed by atoms with Crippen LogP contribution in [-0.4, -0.2) is 24.0 Å². The Bertz CT molecular complexity index is 395. The number of halogens is 1. The van der Waals surface area contributed by atoms with Gasteiger partial charge in [-0.25, -0.2) is 4.39 Å². The Morgan fingerprint density at radius 2 is 2.24 bits per heavy atom. The number of benzene rings is 1. The van der Waals surface area contributed by atoms with E-state index in [1.165, 1.54) is 6.07 Å². The van der Waals surface area contributed by atoms with Gasteiger partial charge >= 0.3 is 0 Å². The van der Waals surface area contributed by atoms with E-state index >= 15 is 0 Å². The van der Waals surface area contributed by atoms with Crippen molar-refractivity contribution in [3.05, 3.63) is 35.1 Å². The van der Waals surface area contributed by atoms with Gasteiger partial charge in [-0.15, -0.1) is 0 Å². The summed E-state index contributed by atoms with van der Waals surface area (Å²) >= 11 is 1.67. The maximum atomic E-state index is 13.7. The number of carbonyl (C=O) groups is 1. The van der Waals surface area contributed by atoms with E-state index in [0.29, 0.717) is 5.56 Å². The van der Waals surface area contributed by atoms with Crippen LogP contribution in [0, 0.1) is 12.7 Å². The van der Waals surface area contributed by atoms with Crippen LogP contribution in [0.25, 0.3) is 0 Å². The Balaban J connectivity index is 2.79. The summed E-state index contributed by atoms with van der Waals surface area (Å²) in [5, 5.41) is 2.85. The summed E-state index contributed by atoms with van der Waals surface area (Å²) in [6.07, 6.45) is 2.84. The van der Waals surface area contributed by atoms with Crippen molar-refractivity contribution in [2.45, 2.75) is 26.3 Å². The van der Waals surface area contributed by atoms with Crippen LogP contribution in [0.15, 0.2) is 18.2 Å². The molecular formula is C13H18FNOS. The van der Waals surface area contributed by atoms with E-state index in [4.69, 9.17) is 0 Å². The van der Waals surface area contributed by atoms with E-state index in [1.807, 2.05) is 13.2 Å². The molecule has 94 valence electrons. The molecule has 1 amide bonds. The zero-order chi connectivity index (χ0) is 12.8. The van der Waals surface area contributed by atoms with Gasteiger partial charge < -0.3 is 5.32 Å². The maximum absolute atomic E-state index is 13.7. The molecule has 0 radical (unpaired) electrons. The fraction of sp³-hybridized carbons (Fsp3) is 0.462. The molecule has 0 spiro atoms. The van der Waals surface area contributed by atoms with Crippen LogP contribution in [0.2, 0.25) is 0 Å². The molecule has 1 aromatic rings. The highest BCUT2D eigenvalue weighted by molar-refractivity contribution is 7.98. The second-order valence-electron chi connectivity index (χ2n) is 3.97. The molecule has 0 aliphatic rings. The molecule has 1 atom stereocenters. The van der Waals surface area contributed by atoms with Gasteiger partial charge in [0.05, 0.1) is 5.56 Å². The van der Waals surface area contributed by atoms with Gasteiger partial charge in [0.25, 0.3) is 5.91 Å². The van der Waals surface area contributed by atoms with Crippen LogP contribution in [0.5, 0.6) is 0 Å². The lowest BCUT2D eigenvalue weighted by molar-refractivity contribution is 0.0936. The lowest BCUT2D eigenvalue weighted by Gasteiger charge is -2.16. The van der Waals surface area contributed by atoms with Gasteiger partial charge in [0.15, 0.2) is 0 Å². The SMILES string of the molecule is CCC(CSC)NC(=O)c1cccc(C)c1F. The number of thioether (sulfide) groups is 1. The third-order valence-corrected chi connectivity index (χ3v) is 3.37. The Hall–Kier alpha value is -1.03. The van der Waals surface area contributed by atoms with Crippen LogP contribution in [-0.2, 0) is 0 Å². The van der Waals surface area contributed by atoms with Crippen molar-refractivity contribution in [3.63, 3.8) is 0 Å². The molecule has 0 saturated heterocycles. The highest BCUT2D eigenvalue weighted by Crippen LogP contribution is 2.12. The predicted octanol–water partition coefficient (Wildman–Crippen LogP) is 3.01. The third-order valence-electron chi connectivity index (χ3n) is 2.63. The molecule has 0 heterocycles. The average molecular weight is 255 g/mol. The number of hydrogen-bond acceptors (Lipinski definition) is 2.